The number of hydrogen-bond acceptors (Lipinski definition) is 1. The third-order valence-electron chi connectivity index (χ3n) is 13.3. The topological polar surface area (TPSA) is 3.24 Å². The molecule has 0 radical (unpaired) electrons. The van der Waals surface area contributed by atoms with Crippen LogP contribution in [-0.2, 0) is 21.7 Å². The van der Waals surface area contributed by atoms with Gasteiger partial charge in [0, 0.05) is 17.1 Å². The van der Waals surface area contributed by atoms with E-state index < -0.39 is 0 Å². The number of aryl methyl sites for hydroxylation is 1. The molecule has 0 fully saturated rings. The quantitative estimate of drug-likeness (QED) is 0.167. The maximum Gasteiger partial charge on any atom is 0.0493 e. The van der Waals surface area contributed by atoms with Crippen LogP contribution >= 0.6 is 0 Å². The Morgan fingerprint density at radius 3 is 1.16 bits per heavy atom. The van der Waals surface area contributed by atoms with Crippen LogP contribution in [0.2, 0.25) is 0 Å². The predicted molar refractivity (Wildman–Crippen MR) is 271 cm³/mol. The molecule has 0 amide bonds. The molecule has 1 nitrogen and oxygen atoms in total. The summed E-state index contributed by atoms with van der Waals surface area (Å²) in [4.78, 5) is 2.48. The van der Waals surface area contributed by atoms with Crippen LogP contribution in [0.25, 0.3) is 66.1 Å². The maximum absolute atomic E-state index is 2.48. The van der Waals surface area contributed by atoms with Gasteiger partial charge < -0.3 is 4.90 Å². The van der Waals surface area contributed by atoms with Crippen molar-refractivity contribution in [2.24, 2.45) is 0 Å². The van der Waals surface area contributed by atoms with Gasteiger partial charge in [0.25, 0.3) is 0 Å². The number of benzene rings is 8. The van der Waals surface area contributed by atoms with Gasteiger partial charge in [0.2, 0.25) is 0 Å². The number of anilines is 3. The molecule has 62 heavy (non-hydrogen) atoms. The van der Waals surface area contributed by atoms with Gasteiger partial charge in [-0.2, -0.15) is 0 Å². The molecule has 1 heteroatoms. The zero-order valence-corrected chi connectivity index (χ0v) is 39.3. The van der Waals surface area contributed by atoms with Crippen molar-refractivity contribution in [3.8, 4) is 44.5 Å². The van der Waals surface area contributed by atoms with Crippen molar-refractivity contribution < 1.29 is 0 Å². The van der Waals surface area contributed by atoms with Gasteiger partial charge in [0.1, 0.15) is 0 Å². The fourth-order valence-corrected chi connectivity index (χ4v) is 9.24. The largest absolute Gasteiger partial charge is 0.310 e. The first-order valence-corrected chi connectivity index (χ1v) is 22.6. The second-order valence-corrected chi connectivity index (χ2v) is 22.1. The molecule has 0 aliphatic heterocycles. The van der Waals surface area contributed by atoms with E-state index in [9.17, 15) is 0 Å². The van der Waals surface area contributed by atoms with Crippen LogP contribution in [-0.4, -0.2) is 0 Å². The van der Waals surface area contributed by atoms with E-state index in [1.165, 1.54) is 111 Å². The molecule has 1 aliphatic carbocycles. The fourth-order valence-electron chi connectivity index (χ4n) is 9.24. The second-order valence-electron chi connectivity index (χ2n) is 22.1. The Hall–Kier alpha value is -5.92. The summed E-state index contributed by atoms with van der Waals surface area (Å²) in [6.07, 6.45) is 0. The summed E-state index contributed by atoms with van der Waals surface area (Å²) < 4.78 is 0. The van der Waals surface area contributed by atoms with Crippen molar-refractivity contribution in [2.45, 2.75) is 112 Å². The lowest BCUT2D eigenvalue weighted by molar-refractivity contribution is 0.589. The number of nitrogens with zero attached hydrogens (tertiary/aromatic N) is 1. The lowest BCUT2D eigenvalue weighted by atomic mass is 9.77. The molecule has 0 saturated heterocycles. The van der Waals surface area contributed by atoms with Gasteiger partial charge in [-0.05, 0) is 189 Å². The molecule has 312 valence electrons. The lowest BCUT2D eigenvalue weighted by Crippen LogP contribution is -2.17. The predicted octanol–water partition coefficient (Wildman–Crippen LogP) is 17.9. The Balaban J connectivity index is 1.17. The average Bonchev–Trinajstić information content (AvgIpc) is 3.21. The zero-order valence-electron chi connectivity index (χ0n) is 39.3. The third-order valence-corrected chi connectivity index (χ3v) is 13.3. The molecule has 0 aromatic heterocycles. The van der Waals surface area contributed by atoms with E-state index in [-0.39, 0.29) is 21.7 Å². The Morgan fingerprint density at radius 2 is 0.694 bits per heavy atom. The van der Waals surface area contributed by atoms with Crippen molar-refractivity contribution in [2.75, 3.05) is 4.90 Å². The standard InChI is InChI=1S/C61H63N/c1-38-17-23-48(61(11,12)13)37-57(38)62(49-16-14-15-47(36-49)60(8,9)10)50-28-22-41-30-53-54(33-42(41)29-50)56-35-44-32-52(40-20-26-46(27-21-40)59(5,6)7)51(31-43(44)34-55(53)56)39-18-24-45(25-19-39)58(2,3)4/h14-37H,1-13H3. The normalized spacial score (nSPS) is 12.9. The molecule has 0 N–H and O–H groups in total. The lowest BCUT2D eigenvalue weighted by Gasteiger charge is -2.31. The minimum Gasteiger partial charge on any atom is -0.310 e. The second kappa shape index (κ2) is 14.6. The number of hydrogen-bond donors (Lipinski definition) is 0. The molecule has 0 unspecified atom stereocenters. The number of fused-ring (bicyclic) bond motifs is 6. The highest BCUT2D eigenvalue weighted by Gasteiger charge is 2.27. The zero-order chi connectivity index (χ0) is 44.1. The van der Waals surface area contributed by atoms with Crippen LogP contribution < -0.4 is 4.90 Å². The van der Waals surface area contributed by atoms with Crippen molar-refractivity contribution >= 4 is 38.6 Å². The molecule has 8 aromatic rings. The average molecular weight is 810 g/mol. The van der Waals surface area contributed by atoms with E-state index in [1.54, 1.807) is 0 Å². The maximum atomic E-state index is 2.48. The third kappa shape index (κ3) is 7.55. The van der Waals surface area contributed by atoms with E-state index in [0.717, 1.165) is 0 Å². The van der Waals surface area contributed by atoms with Crippen molar-refractivity contribution in [1.82, 2.24) is 0 Å². The van der Waals surface area contributed by atoms with Gasteiger partial charge in [0.15, 0.2) is 0 Å². The highest BCUT2D eigenvalue weighted by Crippen LogP contribution is 2.52. The molecule has 0 heterocycles. The smallest absolute Gasteiger partial charge is 0.0493 e. The summed E-state index contributed by atoms with van der Waals surface area (Å²) >= 11 is 0. The van der Waals surface area contributed by atoms with E-state index >= 15 is 0 Å². The Bertz CT molecular complexity index is 3020. The van der Waals surface area contributed by atoms with E-state index in [0.29, 0.717) is 0 Å². The summed E-state index contributed by atoms with van der Waals surface area (Å²) in [6.45, 7) is 29.8. The van der Waals surface area contributed by atoms with E-state index in [2.05, 4.69) is 241 Å². The van der Waals surface area contributed by atoms with Crippen molar-refractivity contribution in [3.05, 3.63) is 173 Å². The molecule has 0 bridgehead atoms. The van der Waals surface area contributed by atoms with Crippen LogP contribution in [0.1, 0.15) is 111 Å². The van der Waals surface area contributed by atoms with Crippen molar-refractivity contribution in [1.29, 1.82) is 0 Å². The van der Waals surface area contributed by atoms with E-state index in [1.807, 2.05) is 0 Å². The van der Waals surface area contributed by atoms with Crippen LogP contribution in [0.15, 0.2) is 146 Å². The van der Waals surface area contributed by atoms with Crippen LogP contribution in [0.4, 0.5) is 17.1 Å². The first-order valence-electron chi connectivity index (χ1n) is 22.6. The Kier molecular flexibility index (Phi) is 9.75. The first-order chi connectivity index (χ1) is 29.1. The summed E-state index contributed by atoms with van der Waals surface area (Å²) in [7, 11) is 0. The molecular formula is C61H63N. The highest BCUT2D eigenvalue weighted by atomic mass is 15.1. The van der Waals surface area contributed by atoms with Gasteiger partial charge in [-0.25, -0.2) is 0 Å². The van der Waals surface area contributed by atoms with E-state index in [4.69, 9.17) is 0 Å². The highest BCUT2D eigenvalue weighted by molar-refractivity contribution is 6.13. The molecular weight excluding hydrogens is 747 g/mol. The Morgan fingerprint density at radius 1 is 0.306 bits per heavy atom. The molecule has 1 aliphatic rings. The summed E-state index contributed by atoms with van der Waals surface area (Å²) in [5.41, 5.74) is 20.8. The minimum atomic E-state index is 0.0293. The monoisotopic (exact) mass is 809 g/mol. The summed E-state index contributed by atoms with van der Waals surface area (Å²) in [5, 5.41) is 5.06. The van der Waals surface area contributed by atoms with Gasteiger partial charge in [-0.1, -0.05) is 162 Å². The molecule has 8 aromatic carbocycles. The van der Waals surface area contributed by atoms with Crippen LogP contribution in [0.3, 0.4) is 0 Å². The summed E-state index contributed by atoms with van der Waals surface area (Å²) in [6, 6.07) is 56.2. The van der Waals surface area contributed by atoms with Gasteiger partial charge >= 0.3 is 0 Å². The molecule has 0 spiro atoms. The fraction of sp³-hybridized carbons (Fsp3) is 0.279. The molecule has 9 rings (SSSR count). The van der Waals surface area contributed by atoms with Crippen LogP contribution in [0.5, 0.6) is 0 Å². The van der Waals surface area contributed by atoms with Crippen LogP contribution in [0, 0.1) is 6.92 Å². The molecule has 0 atom stereocenters. The first kappa shape index (κ1) is 41.4. The summed E-state index contributed by atoms with van der Waals surface area (Å²) in [5.74, 6) is 0. The number of rotatable bonds is 5. The van der Waals surface area contributed by atoms with Gasteiger partial charge in [0.05, 0.1) is 0 Å². The minimum absolute atomic E-state index is 0.0293. The Labute approximate surface area is 371 Å². The van der Waals surface area contributed by atoms with Gasteiger partial charge in [-0.3, -0.25) is 0 Å². The molecule has 0 saturated carbocycles. The SMILES string of the molecule is Cc1ccc(C(C)(C)C)cc1N(c1cccc(C(C)(C)C)c1)c1ccc2cc3c(cc2c1)-c1cc2cc(-c4ccc(C(C)(C)C)cc4)c(-c4ccc(C(C)(C)C)cc4)cc2cc1-3. The van der Waals surface area contributed by atoms with Crippen molar-refractivity contribution in [3.63, 3.8) is 0 Å². The van der Waals surface area contributed by atoms with Gasteiger partial charge in [-0.15, -0.1) is 0 Å².